The van der Waals surface area contributed by atoms with Crippen molar-refractivity contribution in [1.29, 1.82) is 0 Å². The first-order valence-electron chi connectivity index (χ1n) is 8.09. The van der Waals surface area contributed by atoms with Gasteiger partial charge in [0.2, 0.25) is 0 Å². The molecule has 8 nitrogen and oxygen atoms in total. The second-order valence-corrected chi connectivity index (χ2v) is 6.97. The van der Waals surface area contributed by atoms with Crippen LogP contribution in [0, 0.1) is 6.92 Å². The van der Waals surface area contributed by atoms with Gasteiger partial charge in [-0.1, -0.05) is 12.8 Å². The van der Waals surface area contributed by atoms with Gasteiger partial charge in [0.25, 0.3) is 5.91 Å². The second-order valence-electron chi connectivity index (χ2n) is 6.17. The lowest BCUT2D eigenvalue weighted by molar-refractivity contribution is -0.114. The molecule has 1 unspecified atom stereocenters. The number of carbonyl (C=O) groups excluding carboxylic acids is 1. The smallest absolute Gasteiger partial charge is 0.271 e. The molecule has 1 fully saturated rings. The molecule has 1 aromatic heterocycles. The summed E-state index contributed by atoms with van der Waals surface area (Å²) in [7, 11) is 0. The van der Waals surface area contributed by atoms with Crippen molar-refractivity contribution in [1.82, 2.24) is 15.0 Å². The number of aliphatic imine (C=N–C) groups is 1. The molecule has 9 heteroatoms. The molecular weight excluding hydrogens is 326 g/mol. The van der Waals surface area contributed by atoms with E-state index >= 15 is 0 Å². The van der Waals surface area contributed by atoms with Crippen molar-refractivity contribution >= 4 is 28.7 Å². The van der Waals surface area contributed by atoms with Crippen molar-refractivity contribution in [3.05, 3.63) is 23.3 Å². The zero-order valence-corrected chi connectivity index (χ0v) is 14.4. The lowest BCUT2D eigenvalue weighted by Gasteiger charge is -2.34. The molecule has 1 aliphatic heterocycles. The summed E-state index contributed by atoms with van der Waals surface area (Å²) in [4.78, 5) is 15.8. The molecule has 130 valence electrons. The highest BCUT2D eigenvalue weighted by atomic mass is 32.1. The first kappa shape index (κ1) is 16.9. The van der Waals surface area contributed by atoms with Crippen molar-refractivity contribution in [3.63, 3.8) is 0 Å². The molecule has 2 aliphatic rings. The number of hydrogen-bond donors (Lipinski definition) is 5. The predicted octanol–water partition coefficient (Wildman–Crippen LogP) is 0.377. The molecule has 24 heavy (non-hydrogen) atoms. The van der Waals surface area contributed by atoms with Gasteiger partial charge in [-0.15, -0.1) is 0 Å². The van der Waals surface area contributed by atoms with E-state index in [0.29, 0.717) is 5.82 Å². The summed E-state index contributed by atoms with van der Waals surface area (Å²) in [5.41, 5.74) is 12.7. The largest absolute Gasteiger partial charge is 0.364 e. The average Bonchev–Trinajstić information content (AvgIpc) is 2.94. The maximum Gasteiger partial charge on any atom is 0.271 e. The van der Waals surface area contributed by atoms with Crippen LogP contribution in [0.2, 0.25) is 0 Å². The van der Waals surface area contributed by atoms with Crippen LogP contribution in [0.1, 0.15) is 31.4 Å². The van der Waals surface area contributed by atoms with Crippen LogP contribution in [0.3, 0.4) is 0 Å². The molecule has 0 bridgehead atoms. The van der Waals surface area contributed by atoms with Gasteiger partial charge in [0.15, 0.2) is 5.70 Å². The predicted molar refractivity (Wildman–Crippen MR) is 95.5 cm³/mol. The van der Waals surface area contributed by atoms with Gasteiger partial charge in [0.05, 0.1) is 5.69 Å². The summed E-state index contributed by atoms with van der Waals surface area (Å²) in [6.07, 6.45) is 5.85. The van der Waals surface area contributed by atoms with E-state index in [2.05, 4.69) is 25.3 Å². The Kier molecular flexibility index (Phi) is 5.12. The van der Waals surface area contributed by atoms with Crippen molar-refractivity contribution < 1.29 is 4.79 Å². The van der Waals surface area contributed by atoms with Gasteiger partial charge in [-0.25, -0.2) is 4.99 Å². The third-order valence-electron chi connectivity index (χ3n) is 4.21. The Morgan fingerprint density at radius 3 is 2.88 bits per heavy atom. The van der Waals surface area contributed by atoms with Crippen LogP contribution in [0.4, 0.5) is 5.00 Å². The van der Waals surface area contributed by atoms with E-state index in [0.717, 1.165) is 23.5 Å². The standard InChI is InChI=1S/C15H23N7OS/c1-8-6-12(24-22-8)21-15-13(14(17)23)18-7-11(20-15)19-10-5-3-2-4-9(10)16/h6-7,9-11,19-21H,2-5,16H2,1H3,(H2,17,23)/t9-,10+,11?/m0/s1. The number of rotatable bonds is 5. The van der Waals surface area contributed by atoms with Crippen LogP contribution in [0.15, 0.2) is 22.6 Å². The number of anilines is 1. The Morgan fingerprint density at radius 2 is 2.21 bits per heavy atom. The number of nitrogens with one attached hydrogen (secondary N) is 3. The van der Waals surface area contributed by atoms with E-state index < -0.39 is 5.91 Å². The SMILES string of the molecule is Cc1cc(NC2=C(C(N)=O)N=CC(N[C@@H]3CCCC[C@@H]3N)N2)sn1. The van der Waals surface area contributed by atoms with Crippen molar-refractivity contribution in [3.8, 4) is 0 Å². The fraction of sp³-hybridized carbons (Fsp3) is 0.533. The van der Waals surface area contributed by atoms with Crippen LogP contribution in [-0.2, 0) is 4.79 Å². The van der Waals surface area contributed by atoms with Crippen molar-refractivity contribution in [2.75, 3.05) is 5.32 Å². The number of aryl methyl sites for hydroxylation is 1. The summed E-state index contributed by atoms with van der Waals surface area (Å²) in [6, 6.07) is 2.26. The minimum absolute atomic E-state index is 0.135. The van der Waals surface area contributed by atoms with Crippen LogP contribution in [-0.4, -0.2) is 34.7 Å². The Morgan fingerprint density at radius 1 is 1.42 bits per heavy atom. The number of nitrogens with two attached hydrogens (primary N) is 2. The molecule has 0 radical (unpaired) electrons. The number of nitrogens with zero attached hydrogens (tertiary/aromatic N) is 2. The molecule has 0 spiro atoms. The number of primary amides is 1. The monoisotopic (exact) mass is 349 g/mol. The van der Waals surface area contributed by atoms with Gasteiger partial charge < -0.3 is 22.1 Å². The van der Waals surface area contributed by atoms with E-state index in [1.807, 2.05) is 13.0 Å². The molecule has 2 heterocycles. The van der Waals surface area contributed by atoms with E-state index in [4.69, 9.17) is 11.5 Å². The minimum atomic E-state index is -0.588. The molecular formula is C15H23N7OS. The quantitative estimate of drug-likeness (QED) is 0.522. The maximum atomic E-state index is 11.6. The fourth-order valence-corrected chi connectivity index (χ4v) is 3.65. The summed E-state index contributed by atoms with van der Waals surface area (Å²) < 4.78 is 4.22. The average molecular weight is 349 g/mol. The summed E-state index contributed by atoms with van der Waals surface area (Å²) >= 11 is 1.31. The number of hydrogen-bond acceptors (Lipinski definition) is 8. The Balaban J connectivity index is 1.71. The second kappa shape index (κ2) is 7.29. The Hall–Kier alpha value is -1.97. The lowest BCUT2D eigenvalue weighted by atomic mass is 9.91. The van der Waals surface area contributed by atoms with E-state index in [1.165, 1.54) is 24.4 Å². The number of aromatic nitrogens is 1. The first-order chi connectivity index (χ1) is 11.5. The molecule has 0 saturated heterocycles. The molecule has 1 aromatic rings. The molecule has 1 saturated carbocycles. The normalized spacial score (nSPS) is 27.0. The Labute approximate surface area is 144 Å². The lowest BCUT2D eigenvalue weighted by Crippen LogP contribution is -2.57. The van der Waals surface area contributed by atoms with E-state index in [-0.39, 0.29) is 23.9 Å². The summed E-state index contributed by atoms with van der Waals surface area (Å²) in [6.45, 7) is 1.91. The van der Waals surface area contributed by atoms with Gasteiger partial charge >= 0.3 is 0 Å². The highest BCUT2D eigenvalue weighted by Gasteiger charge is 2.27. The highest BCUT2D eigenvalue weighted by Crippen LogP contribution is 2.21. The van der Waals surface area contributed by atoms with Gasteiger partial charge in [-0.2, -0.15) is 4.37 Å². The summed E-state index contributed by atoms with van der Waals surface area (Å²) in [5.74, 6) is -0.106. The molecule has 3 rings (SSSR count). The van der Waals surface area contributed by atoms with Gasteiger partial charge in [-0.05, 0) is 37.4 Å². The molecule has 1 amide bonds. The van der Waals surface area contributed by atoms with Crippen LogP contribution >= 0.6 is 11.5 Å². The third-order valence-corrected chi connectivity index (χ3v) is 5.01. The van der Waals surface area contributed by atoms with Crippen molar-refractivity contribution in [2.24, 2.45) is 16.5 Å². The molecule has 0 aromatic carbocycles. The van der Waals surface area contributed by atoms with Crippen molar-refractivity contribution in [2.45, 2.75) is 50.9 Å². The van der Waals surface area contributed by atoms with Gasteiger partial charge in [-0.3, -0.25) is 10.1 Å². The third kappa shape index (κ3) is 3.92. The first-order valence-corrected chi connectivity index (χ1v) is 8.87. The fourth-order valence-electron chi connectivity index (χ4n) is 2.98. The minimum Gasteiger partial charge on any atom is -0.364 e. The zero-order chi connectivity index (χ0) is 17.1. The van der Waals surface area contributed by atoms with Gasteiger partial charge in [0.1, 0.15) is 17.0 Å². The summed E-state index contributed by atoms with van der Waals surface area (Å²) in [5, 5.41) is 10.7. The van der Waals surface area contributed by atoms with E-state index in [9.17, 15) is 4.79 Å². The Bertz CT molecular complexity index is 669. The number of carbonyl (C=O) groups is 1. The van der Waals surface area contributed by atoms with Crippen LogP contribution < -0.4 is 27.4 Å². The van der Waals surface area contributed by atoms with Crippen LogP contribution in [0.5, 0.6) is 0 Å². The van der Waals surface area contributed by atoms with Gasteiger partial charge in [0, 0.05) is 18.3 Å². The topological polar surface area (TPSA) is 130 Å². The van der Waals surface area contributed by atoms with Crippen LogP contribution in [0.25, 0.3) is 0 Å². The highest BCUT2D eigenvalue weighted by molar-refractivity contribution is 7.10. The number of amides is 1. The molecule has 1 aliphatic carbocycles. The molecule has 3 atom stereocenters. The zero-order valence-electron chi connectivity index (χ0n) is 13.6. The van der Waals surface area contributed by atoms with E-state index in [1.54, 1.807) is 6.21 Å². The molecule has 7 N–H and O–H groups in total. The maximum absolute atomic E-state index is 11.6.